The molecule has 0 saturated heterocycles. The Kier molecular flexibility index (Phi) is 40.3. The summed E-state index contributed by atoms with van der Waals surface area (Å²) < 4.78 is 2.18. The first-order valence-corrected chi connectivity index (χ1v) is 3.95. The van der Waals surface area contributed by atoms with Crippen LogP contribution in [0.15, 0.2) is 18.7 Å². The van der Waals surface area contributed by atoms with E-state index in [4.69, 9.17) is 0 Å². The molecule has 0 amide bonds. The average molecular weight is 308 g/mol. The molecule has 7 heteroatoms. The number of hydrogen-bond acceptors (Lipinski definition) is 0. The van der Waals surface area contributed by atoms with Gasteiger partial charge in [-0.15, -0.1) is 0 Å². The molecule has 1 N–H and O–H groups in total. The van der Waals surface area contributed by atoms with Gasteiger partial charge in [-0.3, -0.25) is 4.98 Å². The molecule has 0 aliphatic heterocycles. The summed E-state index contributed by atoms with van der Waals surface area (Å²) in [5.74, 6) is 0. The van der Waals surface area contributed by atoms with Crippen molar-refractivity contribution >= 4 is 17.4 Å². The third kappa shape index (κ3) is 14.9. The van der Waals surface area contributed by atoms with Gasteiger partial charge >= 0.3 is 17.4 Å². The van der Waals surface area contributed by atoms with Crippen molar-refractivity contribution in [2.45, 2.75) is 32.7 Å². The summed E-state index contributed by atoms with van der Waals surface area (Å²) in [5.41, 5.74) is 0. The number of nitrogens with zero attached hydrogens (tertiary/aromatic N) is 1. The monoisotopic (exact) mass is 306 g/mol. The molecule has 0 atom stereocenters. The van der Waals surface area contributed by atoms with Crippen LogP contribution in [-0.2, 0) is 6.54 Å². The molecule has 0 fully saturated rings. The van der Waals surface area contributed by atoms with Crippen molar-refractivity contribution in [2.24, 2.45) is 0 Å². The fourth-order valence-electron chi connectivity index (χ4n) is 1.00. The second-order valence-electron chi connectivity index (χ2n) is 2.56. The zero-order valence-electron chi connectivity index (χ0n) is 8.60. The SMILES string of the molecule is CCCCC[n+]1cc[nH]c1.[Al+3].[Cl-].[Cl-].[Cl-].[Cl-]. The van der Waals surface area contributed by atoms with Crippen molar-refractivity contribution in [3.8, 4) is 0 Å². The zero-order chi connectivity index (χ0) is 7.23. The molecule has 0 aliphatic rings. The smallest absolute Gasteiger partial charge is 1.00 e. The van der Waals surface area contributed by atoms with Crippen LogP contribution in [0, 0.1) is 0 Å². The molecule has 0 radical (unpaired) electrons. The van der Waals surface area contributed by atoms with E-state index in [9.17, 15) is 0 Å². The van der Waals surface area contributed by atoms with Gasteiger partial charge in [0.1, 0.15) is 12.4 Å². The van der Waals surface area contributed by atoms with Gasteiger partial charge in [0.05, 0.1) is 6.54 Å². The van der Waals surface area contributed by atoms with Crippen LogP contribution in [0.3, 0.4) is 0 Å². The summed E-state index contributed by atoms with van der Waals surface area (Å²) in [7, 11) is 0. The maximum atomic E-state index is 3.02. The summed E-state index contributed by atoms with van der Waals surface area (Å²) >= 11 is 0. The van der Waals surface area contributed by atoms with Crippen LogP contribution in [0.5, 0.6) is 0 Å². The van der Waals surface area contributed by atoms with Gasteiger partial charge in [0, 0.05) is 0 Å². The van der Waals surface area contributed by atoms with Gasteiger partial charge in [-0.25, -0.2) is 4.57 Å². The molecule has 88 valence electrons. The second-order valence-corrected chi connectivity index (χ2v) is 2.56. The summed E-state index contributed by atoms with van der Waals surface area (Å²) in [5, 5.41) is 0. The van der Waals surface area contributed by atoms with Crippen LogP contribution in [0.1, 0.15) is 26.2 Å². The summed E-state index contributed by atoms with van der Waals surface area (Å²) in [6.07, 6.45) is 9.93. The maximum absolute atomic E-state index is 3.02. The van der Waals surface area contributed by atoms with E-state index in [1.54, 1.807) is 0 Å². The fraction of sp³-hybridized carbons (Fsp3) is 0.625. The fourth-order valence-corrected chi connectivity index (χ4v) is 1.00. The van der Waals surface area contributed by atoms with Crippen LogP contribution in [0.2, 0.25) is 0 Å². The van der Waals surface area contributed by atoms with Crippen LogP contribution < -0.4 is 54.2 Å². The molecule has 2 nitrogen and oxygen atoms in total. The van der Waals surface area contributed by atoms with Crippen LogP contribution >= 0.6 is 0 Å². The van der Waals surface area contributed by atoms with Crippen LogP contribution in [0.25, 0.3) is 0 Å². The zero-order valence-corrected chi connectivity index (χ0v) is 12.8. The van der Waals surface area contributed by atoms with E-state index >= 15 is 0 Å². The Morgan fingerprint density at radius 2 is 1.67 bits per heavy atom. The minimum atomic E-state index is 0. The van der Waals surface area contributed by atoms with E-state index in [1.807, 2.05) is 12.5 Å². The minimum absolute atomic E-state index is 0. The number of halogens is 4. The Balaban J connectivity index is -0.0000000667. The number of imidazole rings is 1. The van der Waals surface area contributed by atoms with Crippen LogP contribution in [0.4, 0.5) is 0 Å². The van der Waals surface area contributed by atoms with E-state index in [0.29, 0.717) is 0 Å². The van der Waals surface area contributed by atoms with Gasteiger partial charge in [0.25, 0.3) is 0 Å². The Morgan fingerprint density at radius 1 is 1.07 bits per heavy atom. The summed E-state index contributed by atoms with van der Waals surface area (Å²) in [6, 6.07) is 0. The Labute approximate surface area is 127 Å². The number of aromatic nitrogens is 2. The van der Waals surface area contributed by atoms with Crippen molar-refractivity contribution < 1.29 is 54.2 Å². The van der Waals surface area contributed by atoms with Gasteiger partial charge in [-0.05, 0) is 12.8 Å². The Bertz CT molecular complexity index is 173. The van der Waals surface area contributed by atoms with Gasteiger partial charge in [0.15, 0.2) is 0 Å². The minimum Gasteiger partial charge on any atom is -1.00 e. The third-order valence-electron chi connectivity index (χ3n) is 1.62. The second kappa shape index (κ2) is 20.3. The van der Waals surface area contributed by atoms with Crippen molar-refractivity contribution in [3.05, 3.63) is 18.7 Å². The molecule has 0 spiro atoms. The van der Waals surface area contributed by atoms with E-state index in [-0.39, 0.29) is 67.0 Å². The molecule has 0 bridgehead atoms. The first-order chi connectivity index (χ1) is 4.93. The number of rotatable bonds is 4. The summed E-state index contributed by atoms with van der Waals surface area (Å²) in [6.45, 7) is 3.37. The third-order valence-corrected chi connectivity index (χ3v) is 1.62. The van der Waals surface area contributed by atoms with Crippen molar-refractivity contribution in [1.82, 2.24) is 4.98 Å². The molecule has 0 unspecified atom stereocenters. The maximum Gasteiger partial charge on any atom is 3.00 e. The number of aromatic amines is 1. The van der Waals surface area contributed by atoms with Crippen LogP contribution in [-0.4, -0.2) is 22.3 Å². The number of H-pyrrole nitrogens is 1. The first-order valence-electron chi connectivity index (χ1n) is 3.95. The van der Waals surface area contributed by atoms with Gasteiger partial charge in [0.2, 0.25) is 6.33 Å². The quantitative estimate of drug-likeness (QED) is 0.324. The molecular formula is C8H15AlCl4N2. The van der Waals surface area contributed by atoms with E-state index < -0.39 is 0 Å². The predicted octanol–water partition coefficient (Wildman–Crippen LogP) is -10.9. The molecule has 0 saturated carbocycles. The summed E-state index contributed by atoms with van der Waals surface area (Å²) in [4.78, 5) is 3.02. The van der Waals surface area contributed by atoms with E-state index in [2.05, 4.69) is 22.7 Å². The average Bonchev–Trinajstić information content (AvgIpc) is 2.41. The van der Waals surface area contributed by atoms with Crippen molar-refractivity contribution in [1.29, 1.82) is 0 Å². The molecule has 1 rings (SSSR count). The first kappa shape index (κ1) is 29.7. The largest absolute Gasteiger partial charge is 3.00 e. The molecular weight excluding hydrogens is 293 g/mol. The Hall–Kier alpha value is 0.902. The van der Waals surface area contributed by atoms with E-state index in [1.165, 1.54) is 19.3 Å². The van der Waals surface area contributed by atoms with Gasteiger partial charge in [-0.1, -0.05) is 13.3 Å². The topological polar surface area (TPSA) is 19.7 Å². The molecule has 1 aromatic rings. The number of aryl methyl sites for hydroxylation is 1. The number of hydrogen-bond donors (Lipinski definition) is 1. The van der Waals surface area contributed by atoms with E-state index in [0.717, 1.165) is 6.54 Å². The number of nitrogens with one attached hydrogen (secondary N) is 1. The normalized spacial score (nSPS) is 6.73. The molecule has 15 heavy (non-hydrogen) atoms. The van der Waals surface area contributed by atoms with Gasteiger partial charge < -0.3 is 49.6 Å². The molecule has 1 aromatic heterocycles. The molecule has 0 aliphatic carbocycles. The van der Waals surface area contributed by atoms with Gasteiger partial charge in [-0.2, -0.15) is 0 Å². The standard InChI is InChI=1S/C8H14N2.Al.4ClH/c1-2-3-4-6-10-7-5-9-8-10;;;;;/h5,7-8H,2-4,6H2,1H3;;4*1H/q;+3;;;;/p-3. The predicted molar refractivity (Wildman–Crippen MR) is 46.3 cm³/mol. The number of unbranched alkanes of at least 4 members (excludes halogenated alkanes) is 2. The van der Waals surface area contributed by atoms with Crippen molar-refractivity contribution in [3.63, 3.8) is 0 Å². The Morgan fingerprint density at radius 3 is 2.07 bits per heavy atom. The molecule has 0 aromatic carbocycles. The van der Waals surface area contributed by atoms with Crippen molar-refractivity contribution in [2.75, 3.05) is 0 Å². The molecule has 1 heterocycles.